The third-order valence-electron chi connectivity index (χ3n) is 7.60. The van der Waals surface area contributed by atoms with Gasteiger partial charge in [0.25, 0.3) is 11.8 Å². The molecule has 196 valence electrons. The van der Waals surface area contributed by atoms with Crippen LogP contribution in [0.1, 0.15) is 46.4 Å². The molecule has 0 bridgehead atoms. The molecule has 1 fully saturated rings. The van der Waals surface area contributed by atoms with Gasteiger partial charge in [-0.1, -0.05) is 29.8 Å². The molecule has 0 saturated carbocycles. The largest absolute Gasteiger partial charge is 0.493 e. The van der Waals surface area contributed by atoms with Crippen molar-refractivity contribution >= 4 is 45.2 Å². The number of fused-ring (bicyclic) bond motifs is 5. The number of amides is 2. The molecule has 4 aromatic rings. The molecular weight excluding hydrogens is 502 g/mol. The molecule has 6 rings (SSSR count). The number of carbonyl (C=O) groups excluding carboxylic acids is 2. The Hall–Kier alpha value is -3.39. The van der Waals surface area contributed by atoms with Crippen LogP contribution in [0.15, 0.2) is 48.5 Å². The van der Waals surface area contributed by atoms with Gasteiger partial charge in [-0.05, 0) is 68.6 Å². The van der Waals surface area contributed by atoms with Gasteiger partial charge in [-0.25, -0.2) is 0 Å². The molecule has 1 aromatic heterocycles. The summed E-state index contributed by atoms with van der Waals surface area (Å²) in [6, 6.07) is 15.2. The number of hydrogen-bond donors (Lipinski definition) is 2. The van der Waals surface area contributed by atoms with E-state index in [1.807, 2.05) is 42.5 Å². The van der Waals surface area contributed by atoms with Crippen LogP contribution in [0.3, 0.4) is 0 Å². The maximum atomic E-state index is 13.1. The number of nitrogens with zero attached hydrogens (tertiary/aromatic N) is 2. The summed E-state index contributed by atoms with van der Waals surface area (Å²) < 4.78 is 8.23. The molecule has 2 aliphatic heterocycles. The van der Waals surface area contributed by atoms with Gasteiger partial charge in [0.15, 0.2) is 0 Å². The number of carbonyl (C=O) groups is 2. The van der Waals surface area contributed by atoms with Gasteiger partial charge in [0.1, 0.15) is 5.75 Å². The Balaban J connectivity index is 1.47. The summed E-state index contributed by atoms with van der Waals surface area (Å²) in [5.74, 6) is -0.0705. The average molecular weight is 532 g/mol. The minimum atomic E-state index is -0.420. The second kappa shape index (κ2) is 10.4. The first kappa shape index (κ1) is 24.9. The number of hydrogen-bond acceptors (Lipinski definition) is 5. The van der Waals surface area contributed by atoms with Crippen molar-refractivity contribution in [2.45, 2.75) is 32.2 Å². The van der Waals surface area contributed by atoms with Gasteiger partial charge in [0.05, 0.1) is 28.8 Å². The van der Waals surface area contributed by atoms with Crippen LogP contribution >= 0.6 is 11.6 Å². The molecule has 2 amide bonds. The summed E-state index contributed by atoms with van der Waals surface area (Å²) >= 11 is 6.54. The highest BCUT2D eigenvalue weighted by Crippen LogP contribution is 2.42. The van der Waals surface area contributed by atoms with Crippen LogP contribution in [-0.4, -0.2) is 59.2 Å². The molecule has 0 atom stereocenters. The maximum absolute atomic E-state index is 13.1. The average Bonchev–Trinajstić information content (AvgIpc) is 3.62. The standard InChI is InChI=1S/C30H30ClN3O4/c31-23-8-2-1-7-20(23)22-18-25-26(28-27(22)29(36)32-30(28)37)21-10-9-19(17-24(21)34(25)14-5-15-35)38-16-6-13-33-11-3-4-12-33/h1-2,7-10,17-18,35H,3-6,11-16H2,(H,32,36,37). The monoisotopic (exact) mass is 531 g/mol. The van der Waals surface area contributed by atoms with Crippen LogP contribution in [0.2, 0.25) is 5.02 Å². The van der Waals surface area contributed by atoms with Crippen LogP contribution in [0.25, 0.3) is 32.9 Å². The summed E-state index contributed by atoms with van der Waals surface area (Å²) in [5.41, 5.74) is 3.74. The Morgan fingerprint density at radius 2 is 1.68 bits per heavy atom. The predicted molar refractivity (Wildman–Crippen MR) is 149 cm³/mol. The molecule has 2 N–H and O–H groups in total. The van der Waals surface area contributed by atoms with Gasteiger partial charge in [-0.15, -0.1) is 0 Å². The zero-order valence-corrected chi connectivity index (χ0v) is 21.9. The quantitative estimate of drug-likeness (QED) is 0.228. The lowest BCUT2D eigenvalue weighted by molar-refractivity contribution is 0.0880. The van der Waals surface area contributed by atoms with Gasteiger partial charge in [0.2, 0.25) is 0 Å². The zero-order chi connectivity index (χ0) is 26.2. The minimum Gasteiger partial charge on any atom is -0.493 e. The van der Waals surface area contributed by atoms with Crippen molar-refractivity contribution in [2.75, 3.05) is 32.8 Å². The maximum Gasteiger partial charge on any atom is 0.259 e. The summed E-state index contributed by atoms with van der Waals surface area (Å²) in [6.45, 7) is 4.60. The number of aliphatic hydroxyl groups excluding tert-OH is 1. The molecule has 2 aliphatic rings. The molecule has 3 heterocycles. The molecular formula is C30H30ClN3O4. The molecule has 3 aromatic carbocycles. The Morgan fingerprint density at radius 1 is 0.895 bits per heavy atom. The van der Waals surface area contributed by atoms with Crippen molar-refractivity contribution in [3.05, 3.63) is 64.7 Å². The van der Waals surface area contributed by atoms with Crippen molar-refractivity contribution in [2.24, 2.45) is 0 Å². The van der Waals surface area contributed by atoms with Crippen LogP contribution in [0, 0.1) is 0 Å². The lowest BCUT2D eigenvalue weighted by Gasteiger charge is -2.14. The van der Waals surface area contributed by atoms with E-state index in [0.29, 0.717) is 46.8 Å². The van der Waals surface area contributed by atoms with Gasteiger partial charge >= 0.3 is 0 Å². The topological polar surface area (TPSA) is 83.8 Å². The number of rotatable bonds is 9. The fourth-order valence-corrected chi connectivity index (χ4v) is 6.09. The van der Waals surface area contributed by atoms with Crippen LogP contribution < -0.4 is 10.1 Å². The Bertz CT molecular complexity index is 1550. The highest BCUT2D eigenvalue weighted by atomic mass is 35.5. The third-order valence-corrected chi connectivity index (χ3v) is 7.93. The molecule has 38 heavy (non-hydrogen) atoms. The number of ether oxygens (including phenoxy) is 1. The van der Waals surface area contributed by atoms with E-state index in [1.54, 1.807) is 6.07 Å². The fraction of sp³-hybridized carbons (Fsp3) is 0.333. The number of benzene rings is 3. The van der Waals surface area contributed by atoms with Crippen LogP contribution in [0.5, 0.6) is 5.75 Å². The Kier molecular flexibility index (Phi) is 6.82. The summed E-state index contributed by atoms with van der Waals surface area (Å²) in [7, 11) is 0. The van der Waals surface area contributed by atoms with Crippen LogP contribution in [-0.2, 0) is 6.54 Å². The summed E-state index contributed by atoms with van der Waals surface area (Å²) in [4.78, 5) is 28.6. The second-order valence-corrected chi connectivity index (χ2v) is 10.4. The normalized spacial score (nSPS) is 15.5. The predicted octanol–water partition coefficient (Wildman–Crippen LogP) is 5.25. The molecule has 1 saturated heterocycles. The van der Waals surface area contributed by atoms with Gasteiger partial charge < -0.3 is 19.3 Å². The van der Waals surface area contributed by atoms with E-state index in [-0.39, 0.29) is 6.61 Å². The van der Waals surface area contributed by atoms with Crippen molar-refractivity contribution in [3.8, 4) is 16.9 Å². The first-order valence-corrected chi connectivity index (χ1v) is 13.6. The summed E-state index contributed by atoms with van der Waals surface area (Å²) in [5, 5.41) is 14.2. The van der Waals surface area contributed by atoms with E-state index >= 15 is 0 Å². The number of aromatic nitrogens is 1. The first-order chi connectivity index (χ1) is 18.6. The molecule has 0 spiro atoms. The number of halogens is 1. The highest BCUT2D eigenvalue weighted by molar-refractivity contribution is 6.36. The van der Waals surface area contributed by atoms with Gasteiger partial charge in [0, 0.05) is 47.1 Å². The van der Waals surface area contributed by atoms with Crippen LogP contribution in [0.4, 0.5) is 0 Å². The number of nitrogens with one attached hydrogen (secondary N) is 1. The Labute approximate surface area is 225 Å². The van der Waals surface area contributed by atoms with Gasteiger partial charge in [-0.2, -0.15) is 0 Å². The minimum absolute atomic E-state index is 0.0368. The van der Waals surface area contributed by atoms with Crippen molar-refractivity contribution in [1.82, 2.24) is 14.8 Å². The molecule has 8 heteroatoms. The fourth-order valence-electron chi connectivity index (χ4n) is 5.86. The zero-order valence-electron chi connectivity index (χ0n) is 21.1. The third kappa shape index (κ3) is 4.34. The van der Waals surface area contributed by atoms with Crippen molar-refractivity contribution in [1.29, 1.82) is 0 Å². The van der Waals surface area contributed by atoms with Crippen molar-refractivity contribution in [3.63, 3.8) is 0 Å². The van der Waals surface area contributed by atoms with E-state index in [4.69, 9.17) is 16.3 Å². The smallest absolute Gasteiger partial charge is 0.259 e. The number of aliphatic hydroxyl groups is 1. The van der Waals surface area contributed by atoms with E-state index in [2.05, 4.69) is 14.8 Å². The van der Waals surface area contributed by atoms with E-state index in [1.165, 1.54) is 25.9 Å². The molecule has 0 radical (unpaired) electrons. The summed E-state index contributed by atoms with van der Waals surface area (Å²) in [6.07, 6.45) is 4.06. The van der Waals surface area contributed by atoms with E-state index < -0.39 is 11.8 Å². The lowest BCUT2D eigenvalue weighted by atomic mass is 9.93. The number of likely N-dealkylation sites (tertiary alicyclic amines) is 1. The Morgan fingerprint density at radius 3 is 2.47 bits per heavy atom. The molecule has 0 aliphatic carbocycles. The molecule has 7 nitrogen and oxygen atoms in total. The second-order valence-electron chi connectivity index (χ2n) is 9.99. The van der Waals surface area contributed by atoms with Gasteiger partial charge in [-0.3, -0.25) is 14.9 Å². The van der Waals surface area contributed by atoms with Crippen molar-refractivity contribution < 1.29 is 19.4 Å². The SMILES string of the molecule is O=C1NC(=O)c2c1c(-c1ccccc1Cl)cc1c2c2ccc(OCCCN3CCCC3)cc2n1CCCO. The molecule has 0 unspecified atom stereocenters. The van der Waals surface area contributed by atoms with E-state index in [0.717, 1.165) is 40.5 Å². The first-order valence-electron chi connectivity index (χ1n) is 13.3. The highest BCUT2D eigenvalue weighted by Gasteiger charge is 2.35. The lowest BCUT2D eigenvalue weighted by Crippen LogP contribution is -2.21. The van der Waals surface area contributed by atoms with E-state index in [9.17, 15) is 14.7 Å². The number of imide groups is 1. The number of aryl methyl sites for hydroxylation is 1.